The summed E-state index contributed by atoms with van der Waals surface area (Å²) in [6.07, 6.45) is 1.17. The van der Waals surface area contributed by atoms with Crippen LogP contribution in [-0.2, 0) is 22.5 Å². The first-order valence-corrected chi connectivity index (χ1v) is 6.83. The highest BCUT2D eigenvalue weighted by Gasteiger charge is 2.14. The number of ether oxygens (including phenoxy) is 1. The Morgan fingerprint density at radius 3 is 2.89 bits per heavy atom. The summed E-state index contributed by atoms with van der Waals surface area (Å²) in [6, 6.07) is 5.60. The Morgan fingerprint density at radius 2 is 2.21 bits per heavy atom. The van der Waals surface area contributed by atoms with Crippen LogP contribution >= 0.6 is 11.6 Å². The van der Waals surface area contributed by atoms with Crippen LogP contribution < -0.4 is 0 Å². The van der Waals surface area contributed by atoms with E-state index in [9.17, 15) is 4.79 Å². The minimum Gasteiger partial charge on any atom is -0.466 e. The Kier molecular flexibility index (Phi) is 4.43. The molecule has 1 heterocycles. The van der Waals surface area contributed by atoms with Crippen molar-refractivity contribution in [1.29, 1.82) is 0 Å². The number of aryl methyl sites for hydroxylation is 1. The molecule has 5 heteroatoms. The quantitative estimate of drug-likeness (QED) is 0.790. The van der Waals surface area contributed by atoms with Crippen molar-refractivity contribution in [3.8, 4) is 0 Å². The fraction of sp³-hybridized carbons (Fsp3) is 0.429. The van der Waals surface area contributed by atoms with Gasteiger partial charge < -0.3 is 9.30 Å². The third-order valence-electron chi connectivity index (χ3n) is 2.84. The van der Waals surface area contributed by atoms with Gasteiger partial charge in [-0.3, -0.25) is 4.79 Å². The van der Waals surface area contributed by atoms with Crippen molar-refractivity contribution in [3.63, 3.8) is 0 Å². The first-order valence-electron chi connectivity index (χ1n) is 6.46. The van der Waals surface area contributed by atoms with Gasteiger partial charge >= 0.3 is 5.97 Å². The van der Waals surface area contributed by atoms with Crippen LogP contribution in [0.1, 0.15) is 26.1 Å². The molecule has 0 aliphatic heterocycles. The molecular weight excluding hydrogens is 264 g/mol. The second-order valence-electron chi connectivity index (χ2n) is 4.29. The van der Waals surface area contributed by atoms with Gasteiger partial charge in [0.2, 0.25) is 0 Å². The molecule has 2 rings (SSSR count). The number of aromatic nitrogens is 2. The van der Waals surface area contributed by atoms with Crippen LogP contribution in [0.5, 0.6) is 0 Å². The van der Waals surface area contributed by atoms with Gasteiger partial charge in [-0.1, -0.05) is 18.5 Å². The lowest BCUT2D eigenvalue weighted by molar-refractivity contribution is -0.142. The number of benzene rings is 1. The molecule has 19 heavy (non-hydrogen) atoms. The summed E-state index contributed by atoms with van der Waals surface area (Å²) in [5.41, 5.74) is 1.82. The lowest BCUT2D eigenvalue weighted by Crippen LogP contribution is -2.12. The van der Waals surface area contributed by atoms with E-state index in [2.05, 4.69) is 16.5 Å². The normalized spacial score (nSPS) is 10.9. The van der Waals surface area contributed by atoms with Gasteiger partial charge in [0.25, 0.3) is 0 Å². The van der Waals surface area contributed by atoms with Crippen molar-refractivity contribution < 1.29 is 9.53 Å². The third kappa shape index (κ3) is 3.07. The second kappa shape index (κ2) is 6.06. The molecule has 0 radical (unpaired) electrons. The SMILES string of the molecule is CCCn1c(CC(=O)OCC)nc2cc(Cl)ccc21. The van der Waals surface area contributed by atoms with Crippen molar-refractivity contribution in [3.05, 3.63) is 29.0 Å². The fourth-order valence-corrected chi connectivity index (χ4v) is 2.27. The van der Waals surface area contributed by atoms with E-state index in [4.69, 9.17) is 16.3 Å². The molecule has 0 bridgehead atoms. The molecule has 1 aromatic carbocycles. The van der Waals surface area contributed by atoms with Crippen LogP contribution in [0.2, 0.25) is 5.02 Å². The van der Waals surface area contributed by atoms with E-state index >= 15 is 0 Å². The lowest BCUT2D eigenvalue weighted by Gasteiger charge is -2.07. The maximum Gasteiger partial charge on any atom is 0.313 e. The molecule has 0 saturated heterocycles. The monoisotopic (exact) mass is 280 g/mol. The van der Waals surface area contributed by atoms with E-state index in [1.54, 1.807) is 6.92 Å². The molecule has 1 aromatic heterocycles. The van der Waals surface area contributed by atoms with E-state index in [-0.39, 0.29) is 12.4 Å². The molecule has 0 spiro atoms. The largest absolute Gasteiger partial charge is 0.466 e. The van der Waals surface area contributed by atoms with Crippen LogP contribution in [0.15, 0.2) is 18.2 Å². The van der Waals surface area contributed by atoms with Gasteiger partial charge in [0.15, 0.2) is 0 Å². The summed E-state index contributed by atoms with van der Waals surface area (Å²) in [5.74, 6) is 0.485. The van der Waals surface area contributed by atoms with Gasteiger partial charge in [0.05, 0.1) is 17.6 Å². The van der Waals surface area contributed by atoms with Crippen LogP contribution in [-0.4, -0.2) is 22.1 Å². The molecule has 0 atom stereocenters. The summed E-state index contributed by atoms with van der Waals surface area (Å²) < 4.78 is 7.04. The number of carbonyl (C=O) groups is 1. The number of esters is 1. The molecule has 0 aliphatic rings. The minimum absolute atomic E-state index is 0.195. The average molecular weight is 281 g/mol. The number of hydrogen-bond acceptors (Lipinski definition) is 3. The Bertz CT molecular complexity index is 592. The van der Waals surface area contributed by atoms with Crippen molar-refractivity contribution >= 4 is 28.6 Å². The topological polar surface area (TPSA) is 44.1 Å². The summed E-state index contributed by atoms with van der Waals surface area (Å²) in [5, 5.41) is 0.649. The van der Waals surface area contributed by atoms with Crippen molar-refractivity contribution in [2.45, 2.75) is 33.2 Å². The number of imidazole rings is 1. The Hall–Kier alpha value is -1.55. The molecule has 4 nitrogen and oxygen atoms in total. The van der Waals surface area contributed by atoms with Crippen LogP contribution in [0.25, 0.3) is 11.0 Å². The third-order valence-corrected chi connectivity index (χ3v) is 3.08. The van der Waals surface area contributed by atoms with E-state index in [0.717, 1.165) is 29.8 Å². The number of nitrogens with zero attached hydrogens (tertiary/aromatic N) is 2. The summed E-state index contributed by atoms with van der Waals surface area (Å²) >= 11 is 5.97. The zero-order valence-electron chi connectivity index (χ0n) is 11.1. The predicted octanol–water partition coefficient (Wildman–Crippen LogP) is 3.21. The average Bonchev–Trinajstić information content (AvgIpc) is 2.67. The number of rotatable bonds is 5. The standard InChI is InChI=1S/C14H17ClN2O2/c1-3-7-17-12-6-5-10(15)8-11(12)16-13(17)9-14(18)19-4-2/h5-6,8H,3-4,7,9H2,1-2H3. The van der Waals surface area contributed by atoms with Gasteiger partial charge in [-0.15, -0.1) is 0 Å². The highest BCUT2D eigenvalue weighted by molar-refractivity contribution is 6.31. The van der Waals surface area contributed by atoms with Crippen molar-refractivity contribution in [2.75, 3.05) is 6.61 Å². The van der Waals surface area contributed by atoms with Gasteiger partial charge in [0, 0.05) is 11.6 Å². The van der Waals surface area contributed by atoms with E-state index in [1.165, 1.54) is 0 Å². The molecular formula is C14H17ClN2O2. The first-order chi connectivity index (χ1) is 9.15. The van der Waals surface area contributed by atoms with Crippen molar-refractivity contribution in [2.24, 2.45) is 0 Å². The van der Waals surface area contributed by atoms with E-state index in [0.29, 0.717) is 11.6 Å². The Labute approximate surface area is 117 Å². The predicted molar refractivity (Wildman–Crippen MR) is 75.4 cm³/mol. The molecule has 0 amide bonds. The smallest absolute Gasteiger partial charge is 0.313 e. The van der Waals surface area contributed by atoms with Gasteiger partial charge in [-0.05, 0) is 31.5 Å². The molecule has 102 valence electrons. The maximum absolute atomic E-state index is 11.6. The zero-order chi connectivity index (χ0) is 13.8. The molecule has 0 aliphatic carbocycles. The Morgan fingerprint density at radius 1 is 1.42 bits per heavy atom. The van der Waals surface area contributed by atoms with Gasteiger partial charge in [-0.2, -0.15) is 0 Å². The molecule has 0 unspecified atom stereocenters. The Balaban J connectivity index is 2.40. The fourth-order valence-electron chi connectivity index (χ4n) is 2.10. The second-order valence-corrected chi connectivity index (χ2v) is 4.73. The summed E-state index contributed by atoms with van der Waals surface area (Å²) in [4.78, 5) is 16.1. The summed E-state index contributed by atoms with van der Waals surface area (Å²) in [6.45, 7) is 5.11. The van der Waals surface area contributed by atoms with Crippen LogP contribution in [0.3, 0.4) is 0 Å². The number of fused-ring (bicyclic) bond motifs is 1. The lowest BCUT2D eigenvalue weighted by atomic mass is 10.3. The number of halogens is 1. The maximum atomic E-state index is 11.6. The van der Waals surface area contributed by atoms with Gasteiger partial charge in [0.1, 0.15) is 12.2 Å². The minimum atomic E-state index is -0.249. The van der Waals surface area contributed by atoms with E-state index in [1.807, 2.05) is 18.2 Å². The van der Waals surface area contributed by atoms with Crippen LogP contribution in [0, 0.1) is 0 Å². The number of carbonyl (C=O) groups excluding carboxylic acids is 1. The first kappa shape index (κ1) is 13.9. The zero-order valence-corrected chi connectivity index (χ0v) is 11.9. The highest BCUT2D eigenvalue weighted by atomic mass is 35.5. The number of hydrogen-bond donors (Lipinski definition) is 0. The van der Waals surface area contributed by atoms with Crippen molar-refractivity contribution in [1.82, 2.24) is 9.55 Å². The van der Waals surface area contributed by atoms with Crippen LogP contribution in [0.4, 0.5) is 0 Å². The summed E-state index contributed by atoms with van der Waals surface area (Å²) in [7, 11) is 0. The molecule has 0 saturated carbocycles. The molecule has 2 aromatic rings. The molecule has 0 fully saturated rings. The van der Waals surface area contributed by atoms with E-state index < -0.39 is 0 Å². The van der Waals surface area contributed by atoms with Gasteiger partial charge in [-0.25, -0.2) is 4.98 Å². The molecule has 0 N–H and O–H groups in total. The highest BCUT2D eigenvalue weighted by Crippen LogP contribution is 2.21.